The van der Waals surface area contributed by atoms with Crippen molar-refractivity contribution in [2.45, 2.75) is 219 Å². The first-order valence-electron chi connectivity index (χ1n) is 23.1. The summed E-state index contributed by atoms with van der Waals surface area (Å²) in [5.74, 6) is 1.36. The Labute approximate surface area is 333 Å². The molecule has 0 aliphatic carbocycles. The number of ether oxygens (including phenoxy) is 2. The van der Waals surface area contributed by atoms with Crippen LogP contribution in [0.1, 0.15) is 230 Å². The zero-order chi connectivity index (χ0) is 38.6. The van der Waals surface area contributed by atoms with Crippen molar-refractivity contribution in [1.29, 1.82) is 0 Å². The number of anilines is 1. The van der Waals surface area contributed by atoms with E-state index in [0.717, 1.165) is 18.6 Å². The Balaban J connectivity index is 1.61. The lowest BCUT2D eigenvalue weighted by atomic mass is 10.0. The summed E-state index contributed by atoms with van der Waals surface area (Å²) in [7, 11) is 0. The standard InChI is InChI=1S/C49H83NO4/c1-3-5-7-9-11-13-15-17-19-21-23-25-27-29-31-33-41-53-47-40-37-45(50-49(52)44-35-38-46(51)39-36-44)43-48(47)54-42-34-32-30-28-26-24-22-20-18-16-14-12-10-8-6-4-2/h35-40,43,51H,3-34,41-42H2,1-2H3,(H,50,52). The average Bonchev–Trinajstić information content (AvgIpc) is 3.18. The highest BCUT2D eigenvalue weighted by Crippen LogP contribution is 2.32. The van der Waals surface area contributed by atoms with E-state index in [-0.39, 0.29) is 11.7 Å². The van der Waals surface area contributed by atoms with E-state index in [9.17, 15) is 9.90 Å². The van der Waals surface area contributed by atoms with Gasteiger partial charge in [-0.05, 0) is 49.2 Å². The second-order valence-corrected chi connectivity index (χ2v) is 16.0. The minimum absolute atomic E-state index is 0.141. The molecule has 0 aliphatic heterocycles. The molecule has 5 heteroatoms. The van der Waals surface area contributed by atoms with Gasteiger partial charge in [0.15, 0.2) is 11.5 Å². The van der Waals surface area contributed by atoms with Gasteiger partial charge in [0.2, 0.25) is 0 Å². The first-order valence-corrected chi connectivity index (χ1v) is 23.1. The molecule has 2 rings (SSSR count). The number of nitrogens with one attached hydrogen (secondary N) is 1. The molecule has 0 aromatic heterocycles. The van der Waals surface area contributed by atoms with Crippen LogP contribution in [0.2, 0.25) is 0 Å². The Hall–Kier alpha value is -2.69. The molecule has 0 radical (unpaired) electrons. The van der Waals surface area contributed by atoms with Crippen LogP contribution in [0.25, 0.3) is 0 Å². The normalized spacial score (nSPS) is 11.2. The van der Waals surface area contributed by atoms with E-state index < -0.39 is 0 Å². The molecule has 0 fully saturated rings. The van der Waals surface area contributed by atoms with Crippen LogP contribution < -0.4 is 14.8 Å². The number of hydrogen-bond acceptors (Lipinski definition) is 4. The lowest BCUT2D eigenvalue weighted by Crippen LogP contribution is -2.12. The van der Waals surface area contributed by atoms with E-state index in [2.05, 4.69) is 19.2 Å². The van der Waals surface area contributed by atoms with E-state index in [1.807, 2.05) is 18.2 Å². The highest BCUT2D eigenvalue weighted by Gasteiger charge is 2.11. The molecule has 5 nitrogen and oxygen atoms in total. The van der Waals surface area contributed by atoms with Gasteiger partial charge in [0.25, 0.3) is 5.91 Å². The molecular formula is C49H83NO4. The minimum Gasteiger partial charge on any atom is -0.508 e. The van der Waals surface area contributed by atoms with E-state index in [1.165, 1.54) is 205 Å². The maximum absolute atomic E-state index is 12.8. The van der Waals surface area contributed by atoms with Gasteiger partial charge in [0, 0.05) is 17.3 Å². The fourth-order valence-corrected chi connectivity index (χ4v) is 7.30. The van der Waals surface area contributed by atoms with Crippen molar-refractivity contribution in [3.8, 4) is 17.2 Å². The molecule has 0 saturated carbocycles. The van der Waals surface area contributed by atoms with Crippen molar-refractivity contribution in [3.63, 3.8) is 0 Å². The predicted octanol–water partition coefficient (Wildman–Crippen LogP) is 15.9. The third-order valence-corrected chi connectivity index (χ3v) is 10.8. The van der Waals surface area contributed by atoms with Gasteiger partial charge in [-0.15, -0.1) is 0 Å². The van der Waals surface area contributed by atoms with E-state index in [4.69, 9.17) is 9.47 Å². The molecule has 0 atom stereocenters. The molecule has 2 N–H and O–H groups in total. The highest BCUT2D eigenvalue weighted by atomic mass is 16.5. The third kappa shape index (κ3) is 26.2. The number of amides is 1. The summed E-state index contributed by atoms with van der Waals surface area (Å²) in [4.78, 5) is 12.8. The summed E-state index contributed by atoms with van der Waals surface area (Å²) in [6.45, 7) is 5.89. The Bertz CT molecular complexity index is 1130. The molecule has 0 heterocycles. The second kappa shape index (κ2) is 34.8. The van der Waals surface area contributed by atoms with Crippen molar-refractivity contribution >= 4 is 11.6 Å². The largest absolute Gasteiger partial charge is 0.508 e. The lowest BCUT2D eigenvalue weighted by molar-refractivity contribution is 0.102. The number of phenols is 1. The fraction of sp³-hybridized carbons (Fsp3) is 0.735. The second-order valence-electron chi connectivity index (χ2n) is 16.0. The topological polar surface area (TPSA) is 67.8 Å². The van der Waals surface area contributed by atoms with Crippen molar-refractivity contribution in [3.05, 3.63) is 48.0 Å². The maximum atomic E-state index is 12.8. The molecule has 0 saturated heterocycles. The number of benzene rings is 2. The first kappa shape index (κ1) is 47.5. The Kier molecular flexibility index (Phi) is 30.6. The molecule has 0 spiro atoms. The number of carbonyl (C=O) groups excluding carboxylic acids is 1. The molecule has 2 aromatic carbocycles. The van der Waals surface area contributed by atoms with Gasteiger partial charge in [0.05, 0.1) is 13.2 Å². The zero-order valence-corrected chi connectivity index (χ0v) is 35.3. The minimum atomic E-state index is -0.222. The van der Waals surface area contributed by atoms with E-state index in [0.29, 0.717) is 30.2 Å². The lowest BCUT2D eigenvalue weighted by Gasteiger charge is -2.15. The Morgan fingerprint density at radius 1 is 0.444 bits per heavy atom. The molecule has 0 bridgehead atoms. The number of aromatic hydroxyl groups is 1. The van der Waals surface area contributed by atoms with Gasteiger partial charge in [-0.3, -0.25) is 4.79 Å². The number of carbonyl (C=O) groups is 1. The third-order valence-electron chi connectivity index (χ3n) is 10.8. The van der Waals surface area contributed by atoms with Gasteiger partial charge in [-0.25, -0.2) is 0 Å². The van der Waals surface area contributed by atoms with Crippen LogP contribution in [-0.4, -0.2) is 24.2 Å². The summed E-state index contributed by atoms with van der Waals surface area (Å²) in [5, 5.41) is 12.6. The van der Waals surface area contributed by atoms with Crippen LogP contribution in [0, 0.1) is 0 Å². The Morgan fingerprint density at radius 3 is 1.15 bits per heavy atom. The van der Waals surface area contributed by atoms with Gasteiger partial charge >= 0.3 is 0 Å². The highest BCUT2D eigenvalue weighted by molar-refractivity contribution is 6.04. The Morgan fingerprint density at radius 2 is 0.778 bits per heavy atom. The molecular weight excluding hydrogens is 667 g/mol. The summed E-state index contributed by atoms with van der Waals surface area (Å²) in [6, 6.07) is 12.0. The molecule has 2 aromatic rings. The smallest absolute Gasteiger partial charge is 0.255 e. The maximum Gasteiger partial charge on any atom is 0.255 e. The predicted molar refractivity (Wildman–Crippen MR) is 233 cm³/mol. The summed E-state index contributed by atoms with van der Waals surface area (Å²) in [5.41, 5.74) is 1.16. The van der Waals surface area contributed by atoms with Crippen LogP contribution in [0.3, 0.4) is 0 Å². The van der Waals surface area contributed by atoms with E-state index >= 15 is 0 Å². The van der Waals surface area contributed by atoms with Crippen molar-refractivity contribution < 1.29 is 19.4 Å². The summed E-state index contributed by atoms with van der Waals surface area (Å²) < 4.78 is 12.5. The average molecular weight is 750 g/mol. The molecule has 308 valence electrons. The number of phenolic OH excluding ortho intramolecular Hbond substituents is 1. The van der Waals surface area contributed by atoms with Crippen LogP contribution in [0.4, 0.5) is 5.69 Å². The van der Waals surface area contributed by atoms with E-state index in [1.54, 1.807) is 12.1 Å². The first-order chi connectivity index (χ1) is 26.6. The van der Waals surface area contributed by atoms with Crippen LogP contribution in [-0.2, 0) is 0 Å². The molecule has 1 amide bonds. The van der Waals surface area contributed by atoms with Gasteiger partial charge in [0.1, 0.15) is 5.75 Å². The number of rotatable bonds is 38. The SMILES string of the molecule is CCCCCCCCCCCCCCCCCCOc1ccc(NC(=O)c2ccc(O)cc2)cc1OCCCCCCCCCCCCCCCCCC. The van der Waals surface area contributed by atoms with Crippen LogP contribution >= 0.6 is 0 Å². The quantitative estimate of drug-likeness (QED) is 0.0671. The molecule has 0 unspecified atom stereocenters. The summed E-state index contributed by atoms with van der Waals surface area (Å²) >= 11 is 0. The zero-order valence-electron chi connectivity index (χ0n) is 35.3. The monoisotopic (exact) mass is 750 g/mol. The van der Waals surface area contributed by atoms with Crippen molar-refractivity contribution in [2.24, 2.45) is 0 Å². The molecule has 0 aliphatic rings. The number of unbranched alkanes of at least 4 members (excludes halogenated alkanes) is 30. The van der Waals surface area contributed by atoms with Crippen LogP contribution in [0.5, 0.6) is 17.2 Å². The van der Waals surface area contributed by atoms with Gasteiger partial charge < -0.3 is 19.9 Å². The molecule has 54 heavy (non-hydrogen) atoms. The van der Waals surface area contributed by atoms with Gasteiger partial charge in [-0.2, -0.15) is 0 Å². The fourth-order valence-electron chi connectivity index (χ4n) is 7.30. The van der Waals surface area contributed by atoms with Crippen molar-refractivity contribution in [1.82, 2.24) is 0 Å². The number of hydrogen-bond donors (Lipinski definition) is 2. The summed E-state index contributed by atoms with van der Waals surface area (Å²) in [6.07, 6.45) is 43.2. The van der Waals surface area contributed by atoms with Crippen LogP contribution in [0.15, 0.2) is 42.5 Å². The van der Waals surface area contributed by atoms with Crippen molar-refractivity contribution in [2.75, 3.05) is 18.5 Å². The van der Waals surface area contributed by atoms with Gasteiger partial charge in [-0.1, -0.05) is 206 Å².